The molecule has 9 heteroatoms. The van der Waals surface area contributed by atoms with E-state index < -0.39 is 28.7 Å². The Labute approximate surface area is 165 Å². The number of rotatable bonds is 5. The maximum absolute atomic E-state index is 13.7. The van der Waals surface area contributed by atoms with Gasteiger partial charge in [0, 0.05) is 0 Å². The third-order valence-electron chi connectivity index (χ3n) is 5.16. The van der Waals surface area contributed by atoms with Gasteiger partial charge in [-0.2, -0.15) is 18.3 Å². The number of carbonyl (C=O) groups is 1. The fraction of sp³-hybridized carbons (Fsp3) is 0.450. The Balaban J connectivity index is 2.15. The van der Waals surface area contributed by atoms with E-state index in [1.807, 2.05) is 0 Å². The first-order valence-corrected chi connectivity index (χ1v) is 9.13. The lowest BCUT2D eigenvalue weighted by Crippen LogP contribution is -2.38. The number of methoxy groups -OCH3 is 1. The maximum Gasteiger partial charge on any atom is 0.422 e. The molecule has 156 valence electrons. The maximum atomic E-state index is 13.7. The second-order valence-electron chi connectivity index (χ2n) is 7.06. The quantitative estimate of drug-likeness (QED) is 0.709. The molecule has 0 fully saturated rings. The van der Waals surface area contributed by atoms with Crippen molar-refractivity contribution in [2.45, 2.75) is 44.8 Å². The van der Waals surface area contributed by atoms with Crippen molar-refractivity contribution in [1.29, 1.82) is 0 Å². The van der Waals surface area contributed by atoms with Gasteiger partial charge in [0.1, 0.15) is 16.7 Å². The van der Waals surface area contributed by atoms with Gasteiger partial charge in [-0.1, -0.05) is 12.1 Å². The van der Waals surface area contributed by atoms with Gasteiger partial charge in [0.15, 0.2) is 0 Å². The number of hydrogen-bond donors (Lipinski definition) is 0. The Morgan fingerprint density at radius 2 is 1.93 bits per heavy atom. The molecule has 1 aliphatic carbocycles. The first kappa shape index (κ1) is 20.9. The van der Waals surface area contributed by atoms with Crippen molar-refractivity contribution in [2.75, 3.05) is 13.7 Å². The van der Waals surface area contributed by atoms with Gasteiger partial charge < -0.3 is 9.47 Å². The minimum Gasteiger partial charge on any atom is -0.497 e. The third-order valence-corrected chi connectivity index (χ3v) is 5.16. The number of benzene rings is 1. The smallest absolute Gasteiger partial charge is 0.422 e. The summed E-state index contributed by atoms with van der Waals surface area (Å²) in [4.78, 5) is 25.1. The van der Waals surface area contributed by atoms with Gasteiger partial charge in [-0.05, 0) is 49.9 Å². The van der Waals surface area contributed by atoms with Crippen LogP contribution in [0.1, 0.15) is 42.7 Å². The topological polar surface area (TPSA) is 70.4 Å². The summed E-state index contributed by atoms with van der Waals surface area (Å²) in [7, 11) is 1.49. The van der Waals surface area contributed by atoms with Crippen molar-refractivity contribution in [3.8, 4) is 5.75 Å². The predicted octanol–water partition coefficient (Wildman–Crippen LogP) is 3.09. The summed E-state index contributed by atoms with van der Waals surface area (Å²) < 4.78 is 52.1. The number of esters is 1. The van der Waals surface area contributed by atoms with Crippen LogP contribution in [0, 0.1) is 0 Å². The van der Waals surface area contributed by atoms with E-state index >= 15 is 0 Å². The molecule has 0 radical (unpaired) electrons. The highest BCUT2D eigenvalue weighted by molar-refractivity contribution is 5.83. The molecule has 1 aromatic carbocycles. The highest BCUT2D eigenvalue weighted by Gasteiger charge is 2.50. The van der Waals surface area contributed by atoms with Crippen LogP contribution in [-0.2, 0) is 34.1 Å². The fourth-order valence-electron chi connectivity index (χ4n) is 3.58. The Morgan fingerprint density at radius 1 is 1.28 bits per heavy atom. The molecular weight excluding hydrogens is 389 g/mol. The first-order chi connectivity index (χ1) is 13.6. The monoisotopic (exact) mass is 410 g/mol. The van der Waals surface area contributed by atoms with Gasteiger partial charge in [0.2, 0.25) is 0 Å². The van der Waals surface area contributed by atoms with E-state index in [0.29, 0.717) is 11.3 Å². The summed E-state index contributed by atoms with van der Waals surface area (Å²) in [6.45, 7) is 3.06. The molecule has 0 saturated heterocycles. The van der Waals surface area contributed by atoms with Crippen LogP contribution in [0.3, 0.4) is 0 Å². The van der Waals surface area contributed by atoms with Gasteiger partial charge in [-0.25, -0.2) is 4.68 Å². The molecule has 0 bridgehead atoms. The Kier molecular flexibility index (Phi) is 5.42. The highest BCUT2D eigenvalue weighted by atomic mass is 19.4. The Hall–Kier alpha value is -2.84. The van der Waals surface area contributed by atoms with Crippen LogP contribution in [0.4, 0.5) is 13.2 Å². The second-order valence-corrected chi connectivity index (χ2v) is 7.06. The van der Waals surface area contributed by atoms with Crippen LogP contribution in [0.25, 0.3) is 0 Å². The van der Waals surface area contributed by atoms with E-state index in [0.717, 1.165) is 4.68 Å². The molecule has 1 atom stereocenters. The molecule has 0 spiro atoms. The SMILES string of the molecule is CCOC(=O)C1(C)CCc2c1nn(Cc1ccc(OC)cc1)c(=O)c2C(F)(F)F. The molecule has 1 unspecified atom stereocenters. The molecule has 0 N–H and O–H groups in total. The van der Waals surface area contributed by atoms with Crippen LogP contribution in [0.5, 0.6) is 5.75 Å². The number of nitrogens with zero attached hydrogens (tertiary/aromatic N) is 2. The largest absolute Gasteiger partial charge is 0.497 e. The fourth-order valence-corrected chi connectivity index (χ4v) is 3.58. The summed E-state index contributed by atoms with van der Waals surface area (Å²) in [6, 6.07) is 6.55. The molecule has 1 aliphatic rings. The third kappa shape index (κ3) is 3.73. The number of carbonyl (C=O) groups excluding carboxylic acids is 1. The number of fused-ring (bicyclic) bond motifs is 1. The minimum atomic E-state index is -4.86. The summed E-state index contributed by atoms with van der Waals surface area (Å²) in [5, 5.41) is 4.19. The van der Waals surface area contributed by atoms with Gasteiger partial charge in [0.05, 0.1) is 26.0 Å². The van der Waals surface area contributed by atoms with Gasteiger partial charge in [-0.15, -0.1) is 0 Å². The molecule has 29 heavy (non-hydrogen) atoms. The van der Waals surface area contributed by atoms with Crippen molar-refractivity contribution in [3.05, 3.63) is 57.0 Å². The van der Waals surface area contributed by atoms with Crippen molar-refractivity contribution >= 4 is 5.97 Å². The zero-order valence-corrected chi connectivity index (χ0v) is 16.3. The molecule has 0 amide bonds. The Bertz CT molecular complexity index is 983. The summed E-state index contributed by atoms with van der Waals surface area (Å²) >= 11 is 0. The lowest BCUT2D eigenvalue weighted by molar-refractivity contribution is -0.149. The van der Waals surface area contributed by atoms with E-state index in [1.54, 1.807) is 31.2 Å². The van der Waals surface area contributed by atoms with Crippen molar-refractivity contribution in [2.24, 2.45) is 0 Å². The number of hydrogen-bond acceptors (Lipinski definition) is 5. The number of aromatic nitrogens is 2. The zero-order chi connectivity index (χ0) is 21.4. The molecule has 0 saturated carbocycles. The van der Waals surface area contributed by atoms with Crippen LogP contribution in [0.15, 0.2) is 29.1 Å². The second kappa shape index (κ2) is 7.53. The standard InChI is InChI=1S/C20H21F3N2O4/c1-4-29-18(27)19(2)10-9-14-15(20(21,22)23)17(26)25(24-16(14)19)11-12-5-7-13(28-3)8-6-12/h5-8H,4,9-11H2,1-3H3. The van der Waals surface area contributed by atoms with E-state index in [4.69, 9.17) is 9.47 Å². The predicted molar refractivity (Wildman–Crippen MR) is 97.9 cm³/mol. The first-order valence-electron chi connectivity index (χ1n) is 9.13. The summed E-state index contributed by atoms with van der Waals surface area (Å²) in [5.41, 5.74) is -3.50. The van der Waals surface area contributed by atoms with Crippen LogP contribution in [0.2, 0.25) is 0 Å². The number of ether oxygens (including phenoxy) is 2. The van der Waals surface area contributed by atoms with E-state index in [2.05, 4.69) is 5.10 Å². The molecule has 2 aromatic rings. The number of halogens is 3. The van der Waals surface area contributed by atoms with E-state index in [9.17, 15) is 22.8 Å². The van der Waals surface area contributed by atoms with E-state index in [1.165, 1.54) is 14.0 Å². The Morgan fingerprint density at radius 3 is 2.48 bits per heavy atom. The van der Waals surface area contributed by atoms with Gasteiger partial charge >= 0.3 is 12.1 Å². The summed E-state index contributed by atoms with van der Waals surface area (Å²) in [5.74, 6) is -0.0668. The van der Waals surface area contributed by atoms with Gasteiger partial charge in [0.25, 0.3) is 5.56 Å². The number of alkyl halides is 3. The van der Waals surface area contributed by atoms with Gasteiger partial charge in [-0.3, -0.25) is 9.59 Å². The van der Waals surface area contributed by atoms with Crippen molar-refractivity contribution < 1.29 is 27.4 Å². The summed E-state index contributed by atoms with van der Waals surface area (Å²) in [6.07, 6.45) is -4.82. The average Bonchev–Trinajstić information content (AvgIpc) is 2.99. The lowest BCUT2D eigenvalue weighted by atomic mass is 9.87. The molecule has 0 aliphatic heterocycles. The van der Waals surface area contributed by atoms with E-state index in [-0.39, 0.29) is 37.3 Å². The molecule has 6 nitrogen and oxygen atoms in total. The van der Waals surface area contributed by atoms with Crippen LogP contribution < -0.4 is 10.3 Å². The molecular formula is C20H21F3N2O4. The average molecular weight is 410 g/mol. The van der Waals surface area contributed by atoms with Crippen molar-refractivity contribution in [1.82, 2.24) is 9.78 Å². The lowest BCUT2D eigenvalue weighted by Gasteiger charge is -2.23. The molecule has 3 rings (SSSR count). The normalized spacial score (nSPS) is 18.4. The van der Waals surface area contributed by atoms with Crippen LogP contribution >= 0.6 is 0 Å². The highest BCUT2D eigenvalue weighted by Crippen LogP contribution is 2.42. The molecule has 1 heterocycles. The zero-order valence-electron chi connectivity index (χ0n) is 16.3. The minimum absolute atomic E-state index is 0.0450. The van der Waals surface area contributed by atoms with Crippen LogP contribution in [-0.4, -0.2) is 29.5 Å². The molecule has 1 aromatic heterocycles. The van der Waals surface area contributed by atoms with Crippen molar-refractivity contribution in [3.63, 3.8) is 0 Å².